The summed E-state index contributed by atoms with van der Waals surface area (Å²) in [5.41, 5.74) is 2.61. The average Bonchev–Trinajstić information content (AvgIpc) is 2.96. The van der Waals surface area contributed by atoms with Crippen LogP contribution in [0, 0.1) is 0 Å². The molecule has 1 amide bonds. The van der Waals surface area contributed by atoms with Crippen molar-refractivity contribution >= 4 is 16.9 Å². The van der Waals surface area contributed by atoms with Crippen LogP contribution in [0.25, 0.3) is 11.0 Å². The minimum atomic E-state index is -0.0534. The Kier molecular flexibility index (Phi) is 4.05. The lowest BCUT2D eigenvalue weighted by Gasteiger charge is -2.04. The van der Waals surface area contributed by atoms with Crippen LogP contribution in [0.5, 0.6) is 5.75 Å². The lowest BCUT2D eigenvalue weighted by atomic mass is 10.1. The Labute approximate surface area is 127 Å². The predicted octanol–water partition coefficient (Wildman–Crippen LogP) is 2.70. The van der Waals surface area contributed by atoms with Gasteiger partial charge in [-0.25, -0.2) is 0 Å². The van der Waals surface area contributed by atoms with E-state index in [1.807, 2.05) is 30.3 Å². The molecule has 0 aliphatic rings. The summed E-state index contributed by atoms with van der Waals surface area (Å²) in [5, 5.41) is 3.79. The van der Waals surface area contributed by atoms with Crippen LogP contribution in [0.15, 0.2) is 53.4 Å². The standard InChI is InChI=1S/C17H16N2O3/c1-21-14-2-3-16-15(9-14)13(11-22-16)8-17(20)19-10-12-4-6-18-7-5-12/h2-7,9,11H,8,10H2,1H3,(H,19,20). The molecule has 1 aromatic carbocycles. The van der Waals surface area contributed by atoms with E-state index in [1.165, 1.54) is 0 Å². The van der Waals surface area contributed by atoms with E-state index in [1.54, 1.807) is 25.8 Å². The summed E-state index contributed by atoms with van der Waals surface area (Å²) in [5.74, 6) is 0.690. The number of hydrogen-bond donors (Lipinski definition) is 1. The first kappa shape index (κ1) is 14.1. The highest BCUT2D eigenvalue weighted by Crippen LogP contribution is 2.26. The number of nitrogens with zero attached hydrogens (tertiary/aromatic N) is 1. The molecule has 0 radical (unpaired) electrons. The summed E-state index contributed by atoms with van der Waals surface area (Å²) in [6, 6.07) is 9.30. The quantitative estimate of drug-likeness (QED) is 0.786. The van der Waals surface area contributed by atoms with Gasteiger partial charge in [-0.3, -0.25) is 9.78 Å². The van der Waals surface area contributed by atoms with Crippen molar-refractivity contribution < 1.29 is 13.9 Å². The van der Waals surface area contributed by atoms with Crippen LogP contribution >= 0.6 is 0 Å². The summed E-state index contributed by atoms with van der Waals surface area (Å²) in [7, 11) is 1.61. The number of pyridine rings is 1. The van der Waals surface area contributed by atoms with Gasteiger partial charge in [0.1, 0.15) is 11.3 Å². The van der Waals surface area contributed by atoms with Crippen molar-refractivity contribution in [3.63, 3.8) is 0 Å². The third-order valence-electron chi connectivity index (χ3n) is 3.45. The second-order valence-electron chi connectivity index (χ2n) is 4.93. The Morgan fingerprint density at radius 1 is 1.27 bits per heavy atom. The molecule has 0 unspecified atom stereocenters. The van der Waals surface area contributed by atoms with E-state index in [2.05, 4.69) is 10.3 Å². The molecule has 0 aliphatic heterocycles. The second kappa shape index (κ2) is 6.30. The molecule has 0 spiro atoms. The van der Waals surface area contributed by atoms with Crippen molar-refractivity contribution in [1.29, 1.82) is 0 Å². The highest BCUT2D eigenvalue weighted by molar-refractivity contribution is 5.88. The van der Waals surface area contributed by atoms with E-state index in [0.717, 1.165) is 27.8 Å². The lowest BCUT2D eigenvalue weighted by molar-refractivity contribution is -0.120. The summed E-state index contributed by atoms with van der Waals surface area (Å²) in [6.45, 7) is 0.487. The number of methoxy groups -OCH3 is 1. The number of carbonyl (C=O) groups excluding carboxylic acids is 1. The first-order valence-corrected chi connectivity index (χ1v) is 6.96. The van der Waals surface area contributed by atoms with Gasteiger partial charge in [-0.15, -0.1) is 0 Å². The van der Waals surface area contributed by atoms with Gasteiger partial charge in [-0.1, -0.05) is 0 Å². The molecule has 0 saturated carbocycles. The molecule has 3 aromatic rings. The number of amides is 1. The summed E-state index contributed by atoms with van der Waals surface area (Å²) in [4.78, 5) is 16.0. The maximum atomic E-state index is 12.1. The van der Waals surface area contributed by atoms with Gasteiger partial charge in [0.05, 0.1) is 19.8 Å². The van der Waals surface area contributed by atoms with E-state index < -0.39 is 0 Å². The van der Waals surface area contributed by atoms with E-state index in [9.17, 15) is 4.79 Å². The number of rotatable bonds is 5. The highest BCUT2D eigenvalue weighted by Gasteiger charge is 2.11. The Morgan fingerprint density at radius 3 is 2.86 bits per heavy atom. The number of carbonyl (C=O) groups is 1. The van der Waals surface area contributed by atoms with Gasteiger partial charge in [0, 0.05) is 29.9 Å². The highest BCUT2D eigenvalue weighted by atomic mass is 16.5. The number of hydrogen-bond acceptors (Lipinski definition) is 4. The Bertz CT molecular complexity index is 781. The largest absolute Gasteiger partial charge is 0.497 e. The number of nitrogens with one attached hydrogen (secondary N) is 1. The summed E-state index contributed by atoms with van der Waals surface area (Å²) < 4.78 is 10.7. The maximum Gasteiger partial charge on any atom is 0.224 e. The fraction of sp³-hybridized carbons (Fsp3) is 0.176. The molecule has 5 heteroatoms. The van der Waals surface area contributed by atoms with E-state index in [4.69, 9.17) is 9.15 Å². The second-order valence-corrected chi connectivity index (χ2v) is 4.93. The van der Waals surface area contributed by atoms with Crippen LogP contribution in [0.3, 0.4) is 0 Å². The smallest absolute Gasteiger partial charge is 0.224 e. The molecular formula is C17H16N2O3. The minimum Gasteiger partial charge on any atom is -0.497 e. The summed E-state index contributed by atoms with van der Waals surface area (Å²) >= 11 is 0. The zero-order chi connectivity index (χ0) is 15.4. The van der Waals surface area contributed by atoms with Crippen LogP contribution in [-0.2, 0) is 17.8 Å². The van der Waals surface area contributed by atoms with Crippen molar-refractivity contribution in [1.82, 2.24) is 10.3 Å². The SMILES string of the molecule is COc1ccc2occ(CC(=O)NCc3ccncc3)c2c1. The third kappa shape index (κ3) is 3.09. The molecule has 0 bridgehead atoms. The van der Waals surface area contributed by atoms with Crippen LogP contribution in [0.2, 0.25) is 0 Å². The number of aromatic nitrogens is 1. The number of fused-ring (bicyclic) bond motifs is 1. The molecular weight excluding hydrogens is 280 g/mol. The van der Waals surface area contributed by atoms with Crippen LogP contribution < -0.4 is 10.1 Å². The van der Waals surface area contributed by atoms with Crippen molar-refractivity contribution in [2.45, 2.75) is 13.0 Å². The Balaban J connectivity index is 1.68. The fourth-order valence-electron chi connectivity index (χ4n) is 2.26. The first-order chi connectivity index (χ1) is 10.8. The topological polar surface area (TPSA) is 64.4 Å². The average molecular weight is 296 g/mol. The van der Waals surface area contributed by atoms with Crippen molar-refractivity contribution in [2.75, 3.05) is 7.11 Å². The molecule has 1 N–H and O–H groups in total. The van der Waals surface area contributed by atoms with E-state index in [0.29, 0.717) is 6.54 Å². The molecule has 3 rings (SSSR count). The molecule has 112 valence electrons. The molecule has 0 fully saturated rings. The third-order valence-corrected chi connectivity index (χ3v) is 3.45. The van der Waals surface area contributed by atoms with Gasteiger partial charge in [-0.05, 0) is 35.9 Å². The molecule has 0 atom stereocenters. The monoisotopic (exact) mass is 296 g/mol. The number of benzene rings is 1. The maximum absolute atomic E-state index is 12.1. The Morgan fingerprint density at radius 2 is 2.09 bits per heavy atom. The number of furan rings is 1. The predicted molar refractivity (Wildman–Crippen MR) is 82.6 cm³/mol. The van der Waals surface area contributed by atoms with Gasteiger partial charge in [0.25, 0.3) is 0 Å². The molecule has 0 saturated heterocycles. The molecule has 0 aliphatic carbocycles. The van der Waals surface area contributed by atoms with E-state index in [-0.39, 0.29) is 12.3 Å². The summed E-state index contributed by atoms with van der Waals surface area (Å²) in [6.07, 6.45) is 5.30. The van der Waals surface area contributed by atoms with Gasteiger partial charge in [-0.2, -0.15) is 0 Å². The van der Waals surface area contributed by atoms with E-state index >= 15 is 0 Å². The lowest BCUT2D eigenvalue weighted by Crippen LogP contribution is -2.24. The van der Waals surface area contributed by atoms with Crippen molar-refractivity contribution in [3.05, 3.63) is 60.1 Å². The fourth-order valence-corrected chi connectivity index (χ4v) is 2.26. The Hall–Kier alpha value is -2.82. The zero-order valence-corrected chi connectivity index (χ0v) is 12.2. The normalized spacial score (nSPS) is 10.6. The van der Waals surface area contributed by atoms with Gasteiger partial charge >= 0.3 is 0 Å². The molecule has 2 aromatic heterocycles. The van der Waals surface area contributed by atoms with Crippen molar-refractivity contribution in [3.8, 4) is 5.75 Å². The van der Waals surface area contributed by atoms with Crippen LogP contribution in [0.1, 0.15) is 11.1 Å². The van der Waals surface area contributed by atoms with Gasteiger partial charge in [0.15, 0.2) is 0 Å². The molecule has 5 nitrogen and oxygen atoms in total. The van der Waals surface area contributed by atoms with Gasteiger partial charge in [0.2, 0.25) is 5.91 Å². The zero-order valence-electron chi connectivity index (χ0n) is 12.2. The van der Waals surface area contributed by atoms with Crippen LogP contribution in [0.4, 0.5) is 0 Å². The van der Waals surface area contributed by atoms with Crippen LogP contribution in [-0.4, -0.2) is 18.0 Å². The first-order valence-electron chi connectivity index (χ1n) is 6.96. The number of ether oxygens (including phenoxy) is 1. The molecule has 22 heavy (non-hydrogen) atoms. The van der Waals surface area contributed by atoms with Crippen molar-refractivity contribution in [2.24, 2.45) is 0 Å². The van der Waals surface area contributed by atoms with Gasteiger partial charge < -0.3 is 14.5 Å². The molecule has 2 heterocycles. The minimum absolute atomic E-state index is 0.0534.